The molecule has 1 aliphatic heterocycles. The van der Waals surface area contributed by atoms with Gasteiger partial charge in [0.2, 0.25) is 5.91 Å². The third-order valence-corrected chi connectivity index (χ3v) is 4.38. The maximum Gasteiger partial charge on any atom is 0.242 e. The van der Waals surface area contributed by atoms with Crippen LogP contribution in [0, 0.1) is 5.82 Å². The lowest BCUT2D eigenvalue weighted by Gasteiger charge is -2.40. The SMILES string of the molecule is CCN(CC(=O)N1C(C)CCCC1C)c1ccc(F)cc1. The van der Waals surface area contributed by atoms with Crippen molar-refractivity contribution < 1.29 is 9.18 Å². The van der Waals surface area contributed by atoms with Gasteiger partial charge in [0, 0.05) is 24.3 Å². The molecule has 1 fully saturated rings. The van der Waals surface area contributed by atoms with Crippen LogP contribution in [0.1, 0.15) is 40.0 Å². The molecule has 1 heterocycles. The van der Waals surface area contributed by atoms with Crippen molar-refractivity contribution in [1.29, 1.82) is 0 Å². The number of halogens is 1. The molecule has 1 amide bonds. The number of carbonyl (C=O) groups is 1. The normalized spacial score (nSPS) is 22.2. The Morgan fingerprint density at radius 2 is 1.81 bits per heavy atom. The number of amides is 1. The number of benzene rings is 1. The lowest BCUT2D eigenvalue weighted by molar-refractivity contribution is -0.135. The highest BCUT2D eigenvalue weighted by molar-refractivity contribution is 5.82. The van der Waals surface area contributed by atoms with Crippen molar-refractivity contribution in [3.05, 3.63) is 30.1 Å². The highest BCUT2D eigenvalue weighted by Gasteiger charge is 2.29. The molecule has 0 radical (unpaired) electrons. The van der Waals surface area contributed by atoms with E-state index in [1.807, 2.05) is 16.7 Å². The summed E-state index contributed by atoms with van der Waals surface area (Å²) in [7, 11) is 0. The summed E-state index contributed by atoms with van der Waals surface area (Å²) in [6, 6.07) is 6.97. The predicted molar refractivity (Wildman–Crippen MR) is 83.9 cm³/mol. The van der Waals surface area contributed by atoms with E-state index in [1.165, 1.54) is 18.6 Å². The molecule has 0 spiro atoms. The lowest BCUT2D eigenvalue weighted by Crippen LogP contribution is -2.51. The fourth-order valence-corrected chi connectivity index (χ4v) is 3.20. The van der Waals surface area contributed by atoms with E-state index in [2.05, 4.69) is 13.8 Å². The number of likely N-dealkylation sites (tertiary alicyclic amines) is 1. The number of anilines is 1. The van der Waals surface area contributed by atoms with Crippen LogP contribution in [0.2, 0.25) is 0 Å². The van der Waals surface area contributed by atoms with Gasteiger partial charge in [0.15, 0.2) is 0 Å². The van der Waals surface area contributed by atoms with Crippen LogP contribution in [-0.4, -0.2) is 36.0 Å². The molecule has 0 aliphatic carbocycles. The van der Waals surface area contributed by atoms with Gasteiger partial charge in [-0.2, -0.15) is 0 Å². The average Bonchev–Trinajstić information content (AvgIpc) is 2.45. The molecule has 3 nitrogen and oxygen atoms in total. The van der Waals surface area contributed by atoms with Crippen LogP contribution in [0.25, 0.3) is 0 Å². The van der Waals surface area contributed by atoms with Crippen LogP contribution >= 0.6 is 0 Å². The fraction of sp³-hybridized carbons (Fsp3) is 0.588. The molecule has 2 rings (SSSR count). The molecule has 1 aromatic carbocycles. The van der Waals surface area contributed by atoms with Gasteiger partial charge in [0.05, 0.1) is 6.54 Å². The Morgan fingerprint density at radius 3 is 2.33 bits per heavy atom. The maximum atomic E-state index is 13.0. The first-order valence-corrected chi connectivity index (χ1v) is 7.84. The molecule has 4 heteroatoms. The third-order valence-electron chi connectivity index (χ3n) is 4.38. The van der Waals surface area contributed by atoms with Gasteiger partial charge in [-0.1, -0.05) is 0 Å². The fourth-order valence-electron chi connectivity index (χ4n) is 3.20. The zero-order valence-electron chi connectivity index (χ0n) is 13.2. The van der Waals surface area contributed by atoms with Crippen molar-refractivity contribution in [2.45, 2.75) is 52.1 Å². The molecule has 1 aromatic rings. The first-order valence-electron chi connectivity index (χ1n) is 7.84. The topological polar surface area (TPSA) is 23.6 Å². The minimum Gasteiger partial charge on any atom is -0.362 e. The second-order valence-electron chi connectivity index (χ2n) is 5.92. The van der Waals surface area contributed by atoms with E-state index in [0.29, 0.717) is 18.6 Å². The van der Waals surface area contributed by atoms with Crippen LogP contribution in [0.3, 0.4) is 0 Å². The van der Waals surface area contributed by atoms with Gasteiger partial charge in [-0.25, -0.2) is 4.39 Å². The molecule has 0 aromatic heterocycles. The number of piperidine rings is 1. The highest BCUT2D eigenvalue weighted by atomic mass is 19.1. The van der Waals surface area contributed by atoms with Crippen LogP contribution in [0.4, 0.5) is 10.1 Å². The molecule has 2 unspecified atom stereocenters. The smallest absolute Gasteiger partial charge is 0.242 e. The maximum absolute atomic E-state index is 13.0. The Hall–Kier alpha value is -1.58. The van der Waals surface area contributed by atoms with E-state index in [4.69, 9.17) is 0 Å². The number of likely N-dealkylation sites (N-methyl/N-ethyl adjacent to an activating group) is 1. The summed E-state index contributed by atoms with van der Waals surface area (Å²) in [5.74, 6) is -0.0831. The molecular weight excluding hydrogens is 267 g/mol. The van der Waals surface area contributed by atoms with Crippen LogP contribution in [0.5, 0.6) is 0 Å². The number of carbonyl (C=O) groups excluding carboxylic acids is 1. The van der Waals surface area contributed by atoms with E-state index in [0.717, 1.165) is 25.1 Å². The number of nitrogens with zero attached hydrogens (tertiary/aromatic N) is 2. The summed E-state index contributed by atoms with van der Waals surface area (Å²) in [6.07, 6.45) is 3.36. The summed E-state index contributed by atoms with van der Waals surface area (Å²) < 4.78 is 13.0. The van der Waals surface area contributed by atoms with Crippen LogP contribution < -0.4 is 4.90 Å². The average molecular weight is 292 g/mol. The second kappa shape index (κ2) is 6.92. The molecular formula is C17H25FN2O. The van der Waals surface area contributed by atoms with E-state index in [1.54, 1.807) is 12.1 Å². The van der Waals surface area contributed by atoms with Crippen molar-refractivity contribution >= 4 is 11.6 Å². The first-order chi connectivity index (χ1) is 10.0. The minimum atomic E-state index is -0.251. The summed E-state index contributed by atoms with van der Waals surface area (Å²) in [5.41, 5.74) is 0.893. The molecule has 1 aliphatic rings. The Labute approximate surface area is 126 Å². The quantitative estimate of drug-likeness (QED) is 0.848. The molecule has 2 atom stereocenters. The van der Waals surface area contributed by atoms with Crippen LogP contribution in [0.15, 0.2) is 24.3 Å². The highest BCUT2D eigenvalue weighted by Crippen LogP contribution is 2.23. The molecule has 0 bridgehead atoms. The Kier molecular flexibility index (Phi) is 5.21. The van der Waals surface area contributed by atoms with E-state index in [9.17, 15) is 9.18 Å². The second-order valence-corrected chi connectivity index (χ2v) is 5.92. The van der Waals surface area contributed by atoms with Crippen molar-refractivity contribution in [2.75, 3.05) is 18.0 Å². The molecule has 21 heavy (non-hydrogen) atoms. The third kappa shape index (κ3) is 3.74. The zero-order chi connectivity index (χ0) is 15.4. The summed E-state index contributed by atoms with van der Waals surface area (Å²) in [5, 5.41) is 0. The predicted octanol–water partition coefficient (Wildman–Crippen LogP) is 3.44. The minimum absolute atomic E-state index is 0.167. The standard InChI is InChI=1S/C17H25FN2O/c1-4-19(16-10-8-15(18)9-11-16)12-17(21)20-13(2)6-5-7-14(20)3/h8-11,13-14H,4-7,12H2,1-3H3. The van der Waals surface area contributed by atoms with Gasteiger partial charge in [-0.3, -0.25) is 4.79 Å². The van der Waals surface area contributed by atoms with Gasteiger partial charge in [-0.05, 0) is 64.3 Å². The number of hydrogen-bond donors (Lipinski definition) is 0. The summed E-state index contributed by atoms with van der Waals surface area (Å²) in [4.78, 5) is 16.7. The molecule has 0 saturated carbocycles. The van der Waals surface area contributed by atoms with Gasteiger partial charge in [0.25, 0.3) is 0 Å². The van der Waals surface area contributed by atoms with Gasteiger partial charge in [0.1, 0.15) is 5.82 Å². The Balaban J connectivity index is 2.07. The van der Waals surface area contributed by atoms with Gasteiger partial charge < -0.3 is 9.80 Å². The van der Waals surface area contributed by atoms with E-state index in [-0.39, 0.29) is 11.7 Å². The molecule has 116 valence electrons. The molecule has 1 saturated heterocycles. The summed E-state index contributed by atoms with van der Waals surface area (Å²) in [6.45, 7) is 7.36. The van der Waals surface area contributed by atoms with Crippen molar-refractivity contribution in [2.24, 2.45) is 0 Å². The van der Waals surface area contributed by atoms with Gasteiger partial charge >= 0.3 is 0 Å². The largest absolute Gasteiger partial charge is 0.362 e. The van der Waals surface area contributed by atoms with Crippen molar-refractivity contribution in [1.82, 2.24) is 4.90 Å². The lowest BCUT2D eigenvalue weighted by atomic mass is 9.97. The Morgan fingerprint density at radius 1 is 1.24 bits per heavy atom. The monoisotopic (exact) mass is 292 g/mol. The van der Waals surface area contributed by atoms with Crippen LogP contribution in [-0.2, 0) is 4.79 Å². The molecule has 0 N–H and O–H groups in total. The number of hydrogen-bond acceptors (Lipinski definition) is 2. The Bertz CT molecular complexity index is 464. The van der Waals surface area contributed by atoms with Crippen molar-refractivity contribution in [3.63, 3.8) is 0 Å². The first kappa shape index (κ1) is 15.8. The zero-order valence-corrected chi connectivity index (χ0v) is 13.2. The van der Waals surface area contributed by atoms with Gasteiger partial charge in [-0.15, -0.1) is 0 Å². The summed E-state index contributed by atoms with van der Waals surface area (Å²) >= 11 is 0. The van der Waals surface area contributed by atoms with E-state index >= 15 is 0 Å². The van der Waals surface area contributed by atoms with Crippen molar-refractivity contribution in [3.8, 4) is 0 Å². The number of rotatable bonds is 4. The van der Waals surface area contributed by atoms with E-state index < -0.39 is 0 Å².